The molecule has 1 N–H and O–H groups in total. The van der Waals surface area contributed by atoms with Crippen LogP contribution in [0, 0.1) is 0 Å². The van der Waals surface area contributed by atoms with E-state index in [0.717, 1.165) is 0 Å². The number of morpholine rings is 1. The summed E-state index contributed by atoms with van der Waals surface area (Å²) in [4.78, 5) is 29.9. The third kappa shape index (κ3) is 2.59. The summed E-state index contributed by atoms with van der Waals surface area (Å²) in [6.07, 6.45) is 0. The van der Waals surface area contributed by atoms with Gasteiger partial charge in [0.05, 0.1) is 24.2 Å². The van der Waals surface area contributed by atoms with Gasteiger partial charge in [0, 0.05) is 13.1 Å². The van der Waals surface area contributed by atoms with E-state index in [1.165, 1.54) is 4.57 Å². The van der Waals surface area contributed by atoms with Crippen molar-refractivity contribution in [3.05, 3.63) is 34.6 Å². The average Bonchev–Trinajstić information content (AvgIpc) is 2.50. The van der Waals surface area contributed by atoms with Crippen LogP contribution in [0.1, 0.15) is 0 Å². The predicted molar refractivity (Wildman–Crippen MR) is 76.7 cm³/mol. The summed E-state index contributed by atoms with van der Waals surface area (Å²) < 4.78 is 6.53. The molecular weight excluding hydrogens is 274 g/mol. The summed E-state index contributed by atoms with van der Waals surface area (Å²) >= 11 is 0. The summed E-state index contributed by atoms with van der Waals surface area (Å²) in [6.45, 7) is 1.85. The number of nitrogens with zero attached hydrogens (tertiary/aromatic N) is 3. The molecule has 21 heavy (non-hydrogen) atoms. The van der Waals surface area contributed by atoms with Gasteiger partial charge in [0.1, 0.15) is 6.54 Å². The lowest BCUT2D eigenvalue weighted by atomic mass is 10.3. The van der Waals surface area contributed by atoms with E-state index >= 15 is 0 Å². The number of aliphatic carboxylic acids is 1. The fourth-order valence-electron chi connectivity index (χ4n) is 2.45. The van der Waals surface area contributed by atoms with Gasteiger partial charge in [0.25, 0.3) is 5.56 Å². The Hall–Kier alpha value is -2.41. The van der Waals surface area contributed by atoms with Gasteiger partial charge < -0.3 is 14.7 Å². The highest BCUT2D eigenvalue weighted by atomic mass is 16.5. The first-order chi connectivity index (χ1) is 10.2. The lowest BCUT2D eigenvalue weighted by Gasteiger charge is -2.27. The number of fused-ring (bicyclic) bond motifs is 1. The second-order valence-corrected chi connectivity index (χ2v) is 4.81. The van der Waals surface area contributed by atoms with Crippen molar-refractivity contribution in [3.63, 3.8) is 0 Å². The van der Waals surface area contributed by atoms with Gasteiger partial charge in [-0.1, -0.05) is 12.1 Å². The zero-order valence-electron chi connectivity index (χ0n) is 11.4. The van der Waals surface area contributed by atoms with E-state index in [-0.39, 0.29) is 12.1 Å². The molecule has 110 valence electrons. The first kappa shape index (κ1) is 13.6. The highest BCUT2D eigenvalue weighted by molar-refractivity contribution is 5.78. The summed E-state index contributed by atoms with van der Waals surface area (Å²) in [6, 6.07) is 7.05. The van der Waals surface area contributed by atoms with Gasteiger partial charge in [-0.05, 0) is 12.1 Å². The van der Waals surface area contributed by atoms with Gasteiger partial charge in [-0.25, -0.2) is 4.98 Å². The van der Waals surface area contributed by atoms with Crippen molar-refractivity contribution in [2.24, 2.45) is 0 Å². The Morgan fingerprint density at radius 1 is 1.29 bits per heavy atom. The quantitative estimate of drug-likeness (QED) is 0.876. The highest BCUT2D eigenvalue weighted by Crippen LogP contribution is 2.15. The van der Waals surface area contributed by atoms with Crippen molar-refractivity contribution in [2.75, 3.05) is 31.2 Å². The molecule has 0 spiro atoms. The Labute approximate surface area is 120 Å². The van der Waals surface area contributed by atoms with Gasteiger partial charge >= 0.3 is 5.97 Å². The summed E-state index contributed by atoms with van der Waals surface area (Å²) in [5, 5.41) is 9.04. The standard InChI is InChI=1S/C14H15N3O4/c18-12(19)9-17-11-4-2-1-3-10(11)15-13(14(17)20)16-5-7-21-8-6-16/h1-4H,5-9H2,(H,18,19). The molecule has 0 unspecified atom stereocenters. The van der Waals surface area contributed by atoms with Gasteiger partial charge in [0.2, 0.25) is 0 Å². The van der Waals surface area contributed by atoms with Crippen molar-refractivity contribution in [1.82, 2.24) is 9.55 Å². The molecule has 2 heterocycles. The largest absolute Gasteiger partial charge is 0.480 e. The molecular formula is C14H15N3O4. The van der Waals surface area contributed by atoms with Gasteiger partial charge in [0.15, 0.2) is 5.82 Å². The Morgan fingerprint density at radius 2 is 2.00 bits per heavy atom. The van der Waals surface area contributed by atoms with Crippen LogP contribution < -0.4 is 10.5 Å². The number of carboxylic acids is 1. The summed E-state index contributed by atoms with van der Waals surface area (Å²) in [5.41, 5.74) is 0.764. The molecule has 0 bridgehead atoms. The van der Waals surface area contributed by atoms with Crippen LogP contribution in [0.5, 0.6) is 0 Å². The molecule has 0 aliphatic carbocycles. The molecule has 0 amide bonds. The minimum absolute atomic E-state index is 0.290. The monoisotopic (exact) mass is 289 g/mol. The number of aromatic nitrogens is 2. The molecule has 7 heteroatoms. The number of hydrogen-bond donors (Lipinski definition) is 1. The van der Waals surface area contributed by atoms with Crippen LogP contribution in [0.25, 0.3) is 11.0 Å². The number of rotatable bonds is 3. The van der Waals surface area contributed by atoms with Gasteiger partial charge in [-0.3, -0.25) is 14.2 Å². The molecule has 1 fully saturated rings. The van der Waals surface area contributed by atoms with Gasteiger partial charge in [-0.2, -0.15) is 0 Å². The Bertz CT molecular complexity index is 735. The molecule has 1 aliphatic rings. The molecule has 1 saturated heterocycles. The topological polar surface area (TPSA) is 84.7 Å². The van der Waals surface area contributed by atoms with Crippen LogP contribution in [-0.4, -0.2) is 46.9 Å². The molecule has 0 radical (unpaired) electrons. The number of ether oxygens (including phenoxy) is 1. The maximum Gasteiger partial charge on any atom is 0.323 e. The zero-order chi connectivity index (χ0) is 14.8. The smallest absolute Gasteiger partial charge is 0.323 e. The Balaban J connectivity index is 2.18. The number of carbonyl (C=O) groups is 1. The first-order valence-corrected chi connectivity index (χ1v) is 6.71. The number of hydrogen-bond acceptors (Lipinski definition) is 5. The van der Waals surface area contributed by atoms with Gasteiger partial charge in [-0.15, -0.1) is 0 Å². The molecule has 1 aromatic heterocycles. The van der Waals surface area contributed by atoms with E-state index in [2.05, 4.69) is 4.98 Å². The van der Waals surface area contributed by atoms with E-state index in [1.807, 2.05) is 11.0 Å². The van der Waals surface area contributed by atoms with Crippen LogP contribution in [0.2, 0.25) is 0 Å². The first-order valence-electron chi connectivity index (χ1n) is 6.71. The molecule has 0 saturated carbocycles. The predicted octanol–water partition coefficient (Wildman–Crippen LogP) is 0.318. The van der Waals surface area contributed by atoms with E-state index in [1.54, 1.807) is 18.2 Å². The Kier molecular flexibility index (Phi) is 3.57. The molecule has 0 atom stereocenters. The van der Waals surface area contributed by atoms with Crippen molar-refractivity contribution >= 4 is 22.8 Å². The number of anilines is 1. The zero-order valence-corrected chi connectivity index (χ0v) is 11.4. The molecule has 3 rings (SSSR count). The highest BCUT2D eigenvalue weighted by Gasteiger charge is 2.19. The normalized spacial score (nSPS) is 15.3. The lowest BCUT2D eigenvalue weighted by molar-refractivity contribution is -0.137. The SMILES string of the molecule is O=C(O)Cn1c(=O)c(N2CCOCC2)nc2ccccc21. The van der Waals surface area contributed by atoms with E-state index in [4.69, 9.17) is 9.84 Å². The van der Waals surface area contributed by atoms with Crippen LogP contribution in [0.4, 0.5) is 5.82 Å². The third-order valence-corrected chi connectivity index (χ3v) is 3.44. The lowest BCUT2D eigenvalue weighted by Crippen LogP contribution is -2.41. The van der Waals surface area contributed by atoms with Crippen molar-refractivity contribution in [2.45, 2.75) is 6.54 Å². The summed E-state index contributed by atoms with van der Waals surface area (Å²) in [5.74, 6) is -0.764. The number of carboxylic acid groups (broad SMARTS) is 1. The maximum atomic E-state index is 12.6. The van der Waals surface area contributed by atoms with Crippen molar-refractivity contribution < 1.29 is 14.6 Å². The summed E-state index contributed by atoms with van der Waals surface area (Å²) in [7, 11) is 0. The van der Waals surface area contributed by atoms with Crippen LogP contribution in [-0.2, 0) is 16.1 Å². The van der Waals surface area contributed by atoms with E-state index in [9.17, 15) is 9.59 Å². The number of benzene rings is 1. The fourth-order valence-corrected chi connectivity index (χ4v) is 2.45. The van der Waals surface area contributed by atoms with E-state index < -0.39 is 5.97 Å². The second-order valence-electron chi connectivity index (χ2n) is 4.81. The minimum Gasteiger partial charge on any atom is -0.480 e. The molecule has 1 aliphatic heterocycles. The van der Waals surface area contributed by atoms with Crippen molar-refractivity contribution in [1.29, 1.82) is 0 Å². The van der Waals surface area contributed by atoms with Crippen LogP contribution in [0.15, 0.2) is 29.1 Å². The second kappa shape index (κ2) is 5.53. The van der Waals surface area contributed by atoms with Crippen molar-refractivity contribution in [3.8, 4) is 0 Å². The van der Waals surface area contributed by atoms with Crippen LogP contribution in [0.3, 0.4) is 0 Å². The third-order valence-electron chi connectivity index (χ3n) is 3.44. The Morgan fingerprint density at radius 3 is 2.71 bits per heavy atom. The molecule has 2 aromatic rings. The maximum absolute atomic E-state index is 12.6. The molecule has 7 nitrogen and oxygen atoms in total. The van der Waals surface area contributed by atoms with E-state index in [0.29, 0.717) is 43.2 Å². The molecule has 1 aromatic carbocycles. The minimum atomic E-state index is -1.05. The number of para-hydroxylation sites is 2. The average molecular weight is 289 g/mol. The fraction of sp³-hybridized carbons (Fsp3) is 0.357. The van der Waals surface area contributed by atoms with Crippen LogP contribution >= 0.6 is 0 Å².